The molecule has 6 heteroatoms. The average Bonchev–Trinajstić information content (AvgIpc) is 3.03. The van der Waals surface area contributed by atoms with Crippen molar-refractivity contribution in [3.05, 3.63) is 66.4 Å². The van der Waals surface area contributed by atoms with Crippen molar-refractivity contribution in [1.29, 1.82) is 0 Å². The third kappa shape index (κ3) is 1.92. The first-order chi connectivity index (χ1) is 11.2. The number of hydrogen-bond donors (Lipinski definition) is 1. The first-order valence-electron chi connectivity index (χ1n) is 7.13. The molecule has 0 saturated heterocycles. The van der Waals surface area contributed by atoms with E-state index in [-0.39, 0.29) is 11.6 Å². The normalized spacial score (nSPS) is 13.6. The van der Waals surface area contributed by atoms with E-state index in [2.05, 4.69) is 9.97 Å². The van der Waals surface area contributed by atoms with Crippen molar-refractivity contribution < 1.29 is 9.18 Å². The summed E-state index contributed by atoms with van der Waals surface area (Å²) in [6.45, 7) is 0. The maximum atomic E-state index is 14.6. The Morgan fingerprint density at radius 1 is 1.09 bits per heavy atom. The molecule has 1 amide bonds. The van der Waals surface area contributed by atoms with Gasteiger partial charge in [0.25, 0.3) is 5.91 Å². The molecular weight excluding hydrogens is 295 g/mol. The summed E-state index contributed by atoms with van der Waals surface area (Å²) in [6.07, 6.45) is 1.46. The van der Waals surface area contributed by atoms with E-state index < -0.39 is 5.82 Å². The fourth-order valence-electron chi connectivity index (χ4n) is 2.85. The van der Waals surface area contributed by atoms with E-state index in [4.69, 9.17) is 0 Å². The predicted molar refractivity (Wildman–Crippen MR) is 86.0 cm³/mol. The summed E-state index contributed by atoms with van der Waals surface area (Å²) < 4.78 is 14.6. The van der Waals surface area contributed by atoms with E-state index in [9.17, 15) is 9.18 Å². The number of aromatic amines is 1. The summed E-state index contributed by atoms with van der Waals surface area (Å²) in [4.78, 5) is 23.2. The molecule has 0 saturated carbocycles. The third-order valence-electron chi connectivity index (χ3n) is 3.92. The van der Waals surface area contributed by atoms with E-state index in [0.717, 1.165) is 0 Å². The van der Waals surface area contributed by atoms with Gasteiger partial charge in [-0.15, -0.1) is 0 Å². The molecule has 4 rings (SSSR count). The van der Waals surface area contributed by atoms with E-state index in [1.807, 2.05) is 18.2 Å². The average molecular weight is 308 g/mol. The molecule has 0 atom stereocenters. The quantitative estimate of drug-likeness (QED) is 0.747. The van der Waals surface area contributed by atoms with Gasteiger partial charge in [0.05, 0.1) is 12.0 Å². The zero-order valence-electron chi connectivity index (χ0n) is 12.3. The summed E-state index contributed by atoms with van der Waals surface area (Å²) in [5.74, 6) is -0.337. The number of nitrogens with one attached hydrogen (secondary N) is 1. The smallest absolute Gasteiger partial charge is 0.283 e. The Labute approximate surface area is 132 Å². The topological polar surface area (TPSA) is 52.2 Å². The summed E-state index contributed by atoms with van der Waals surface area (Å²) in [5, 5.41) is 0. The summed E-state index contributed by atoms with van der Waals surface area (Å²) >= 11 is 0. The van der Waals surface area contributed by atoms with Crippen LogP contribution in [0.4, 0.5) is 27.3 Å². The highest BCUT2D eigenvalue weighted by molar-refractivity contribution is 6.16. The Kier molecular flexibility index (Phi) is 2.90. The Hall–Kier alpha value is -3.15. The number of carbonyl (C=O) groups is 1. The van der Waals surface area contributed by atoms with E-state index in [0.29, 0.717) is 22.9 Å². The molecule has 0 spiro atoms. The lowest BCUT2D eigenvalue weighted by molar-refractivity contribution is 0.0995. The lowest BCUT2D eigenvalue weighted by Crippen LogP contribution is -2.26. The molecule has 0 unspecified atom stereocenters. The standard InChI is InChI=1S/C17H13FN4O/c1-21-13-9-5-8-12(18)15(13)22(11-6-3-2-4-7-11)17(23)14-16(21)20-10-19-14/h2-10H,1H3,(H,19,20). The molecule has 0 bridgehead atoms. The molecule has 114 valence electrons. The second kappa shape index (κ2) is 4.95. The number of hydrogen-bond acceptors (Lipinski definition) is 3. The van der Waals surface area contributed by atoms with Crippen molar-refractivity contribution in [3.63, 3.8) is 0 Å². The van der Waals surface area contributed by atoms with Gasteiger partial charge in [0, 0.05) is 12.7 Å². The summed E-state index contributed by atoms with van der Waals surface area (Å²) in [6, 6.07) is 13.8. The predicted octanol–water partition coefficient (Wildman–Crippen LogP) is 3.61. The number of fused-ring (bicyclic) bond motifs is 2. The minimum absolute atomic E-state index is 0.220. The van der Waals surface area contributed by atoms with E-state index in [1.54, 1.807) is 36.2 Å². The van der Waals surface area contributed by atoms with Gasteiger partial charge in [-0.25, -0.2) is 9.37 Å². The number of anilines is 4. The van der Waals surface area contributed by atoms with Gasteiger partial charge in [-0.1, -0.05) is 24.3 Å². The number of rotatable bonds is 1. The fourth-order valence-corrected chi connectivity index (χ4v) is 2.85. The van der Waals surface area contributed by atoms with Crippen LogP contribution in [0.15, 0.2) is 54.9 Å². The highest BCUT2D eigenvalue weighted by Crippen LogP contribution is 2.43. The van der Waals surface area contributed by atoms with Gasteiger partial charge in [0.1, 0.15) is 17.2 Å². The van der Waals surface area contributed by atoms with Gasteiger partial charge in [-0.2, -0.15) is 0 Å². The molecule has 23 heavy (non-hydrogen) atoms. The van der Waals surface area contributed by atoms with Crippen molar-refractivity contribution in [2.45, 2.75) is 0 Å². The van der Waals surface area contributed by atoms with Crippen LogP contribution in [0, 0.1) is 5.82 Å². The first-order valence-corrected chi connectivity index (χ1v) is 7.13. The first kappa shape index (κ1) is 13.5. The maximum Gasteiger partial charge on any atom is 0.283 e. The lowest BCUT2D eigenvalue weighted by Gasteiger charge is -2.24. The molecule has 0 aliphatic carbocycles. The van der Waals surface area contributed by atoms with Gasteiger partial charge in [-0.3, -0.25) is 9.69 Å². The molecule has 1 aromatic heterocycles. The summed E-state index contributed by atoms with van der Waals surface area (Å²) in [5.41, 5.74) is 1.72. The molecule has 0 fully saturated rings. The zero-order chi connectivity index (χ0) is 16.0. The van der Waals surface area contributed by atoms with Crippen molar-refractivity contribution in [2.75, 3.05) is 16.8 Å². The third-order valence-corrected chi connectivity index (χ3v) is 3.92. The number of imidazole rings is 1. The molecule has 0 radical (unpaired) electrons. The lowest BCUT2D eigenvalue weighted by atomic mass is 10.2. The van der Waals surface area contributed by atoms with Gasteiger partial charge in [0.15, 0.2) is 5.82 Å². The monoisotopic (exact) mass is 308 g/mol. The van der Waals surface area contributed by atoms with Crippen LogP contribution >= 0.6 is 0 Å². The number of aromatic nitrogens is 2. The molecule has 1 aliphatic rings. The molecular formula is C17H13FN4O. The van der Waals surface area contributed by atoms with Crippen LogP contribution in [0.1, 0.15) is 10.5 Å². The molecule has 1 N–H and O–H groups in total. The molecule has 1 aliphatic heterocycles. The second-order valence-electron chi connectivity index (χ2n) is 5.24. The van der Waals surface area contributed by atoms with Gasteiger partial charge in [-0.05, 0) is 24.3 Å². The van der Waals surface area contributed by atoms with Crippen LogP contribution in [0.25, 0.3) is 0 Å². The fraction of sp³-hybridized carbons (Fsp3) is 0.0588. The number of nitrogens with zero attached hydrogens (tertiary/aromatic N) is 3. The van der Waals surface area contributed by atoms with E-state index in [1.165, 1.54) is 17.3 Å². The second-order valence-corrected chi connectivity index (χ2v) is 5.24. The Bertz CT molecular complexity index is 891. The SMILES string of the molecule is CN1c2cccc(F)c2N(c2ccccc2)C(=O)c2[nH]cnc21. The highest BCUT2D eigenvalue weighted by atomic mass is 19.1. The van der Waals surface area contributed by atoms with Crippen molar-refractivity contribution in [3.8, 4) is 0 Å². The van der Waals surface area contributed by atoms with Crippen molar-refractivity contribution >= 4 is 28.8 Å². The largest absolute Gasteiger partial charge is 0.339 e. The number of benzene rings is 2. The van der Waals surface area contributed by atoms with Crippen LogP contribution in [0.3, 0.4) is 0 Å². The molecule has 2 aromatic carbocycles. The Balaban J connectivity index is 2.05. The minimum Gasteiger partial charge on any atom is -0.339 e. The summed E-state index contributed by atoms with van der Waals surface area (Å²) in [7, 11) is 1.76. The van der Waals surface area contributed by atoms with Crippen LogP contribution in [0.5, 0.6) is 0 Å². The van der Waals surface area contributed by atoms with Crippen LogP contribution in [-0.4, -0.2) is 22.9 Å². The van der Waals surface area contributed by atoms with Crippen LogP contribution < -0.4 is 9.80 Å². The molecule has 5 nitrogen and oxygen atoms in total. The van der Waals surface area contributed by atoms with Gasteiger partial charge >= 0.3 is 0 Å². The van der Waals surface area contributed by atoms with Crippen molar-refractivity contribution in [2.24, 2.45) is 0 Å². The number of carbonyl (C=O) groups excluding carboxylic acids is 1. The van der Waals surface area contributed by atoms with Crippen LogP contribution in [-0.2, 0) is 0 Å². The molecule has 2 heterocycles. The minimum atomic E-state index is -0.461. The van der Waals surface area contributed by atoms with Gasteiger partial charge in [0.2, 0.25) is 0 Å². The number of halogens is 1. The molecule has 3 aromatic rings. The number of H-pyrrole nitrogens is 1. The van der Waals surface area contributed by atoms with Gasteiger partial charge < -0.3 is 9.88 Å². The maximum absolute atomic E-state index is 14.6. The highest BCUT2D eigenvalue weighted by Gasteiger charge is 2.34. The number of para-hydroxylation sites is 2. The zero-order valence-corrected chi connectivity index (χ0v) is 12.3. The van der Waals surface area contributed by atoms with E-state index >= 15 is 0 Å². The number of amides is 1. The van der Waals surface area contributed by atoms with Crippen molar-refractivity contribution in [1.82, 2.24) is 9.97 Å². The Morgan fingerprint density at radius 3 is 2.65 bits per heavy atom. The Morgan fingerprint density at radius 2 is 1.87 bits per heavy atom. The van der Waals surface area contributed by atoms with Crippen LogP contribution in [0.2, 0.25) is 0 Å².